The summed E-state index contributed by atoms with van der Waals surface area (Å²) in [5, 5.41) is 31.3. The molecule has 0 aromatic carbocycles. The second-order valence-corrected chi connectivity index (χ2v) is 18.9. The number of esters is 3. The fourth-order valence-electron chi connectivity index (χ4n) is 8.29. The maximum atomic E-state index is 13.1. The SMILES string of the molecule is CCC/C=C\C/C=C\CCCCCCCC(=O)OC1C(OCC(COC(=O)CCCCCCCCCCCCCCC)OC(=O)CCCCCCCCCCCCC)OC(C(=O)O)C(O)C1O. The lowest BCUT2D eigenvalue weighted by molar-refractivity contribution is -0.301. The fraction of sp³-hybridized carbons (Fsp3) is 0.855. The molecule has 0 aromatic heterocycles. The Bertz CT molecular complexity index is 1270. The van der Waals surface area contributed by atoms with Gasteiger partial charge in [-0.2, -0.15) is 0 Å². The Balaban J connectivity index is 2.71. The van der Waals surface area contributed by atoms with Crippen LogP contribution in [-0.4, -0.2) is 89.2 Å². The van der Waals surface area contributed by atoms with Crippen LogP contribution in [0.2, 0.25) is 0 Å². The molecule has 1 rings (SSSR count). The van der Waals surface area contributed by atoms with Crippen LogP contribution in [0.25, 0.3) is 0 Å². The Morgan fingerprint density at radius 2 is 0.925 bits per heavy atom. The van der Waals surface area contributed by atoms with Crippen molar-refractivity contribution in [2.75, 3.05) is 13.2 Å². The molecular formula is C55H98O12. The first kappa shape index (κ1) is 62.2. The van der Waals surface area contributed by atoms with Gasteiger partial charge in [-0.25, -0.2) is 4.79 Å². The highest BCUT2D eigenvalue weighted by molar-refractivity contribution is 5.74. The van der Waals surface area contributed by atoms with Crippen molar-refractivity contribution in [3.8, 4) is 0 Å². The van der Waals surface area contributed by atoms with Crippen molar-refractivity contribution in [2.24, 2.45) is 0 Å². The maximum absolute atomic E-state index is 13.1. The summed E-state index contributed by atoms with van der Waals surface area (Å²) in [6.45, 7) is 5.91. The molecule has 0 saturated carbocycles. The van der Waals surface area contributed by atoms with Gasteiger partial charge in [0.25, 0.3) is 0 Å². The Morgan fingerprint density at radius 3 is 1.40 bits per heavy atom. The van der Waals surface area contributed by atoms with Crippen molar-refractivity contribution < 1.29 is 58.2 Å². The van der Waals surface area contributed by atoms with Crippen molar-refractivity contribution >= 4 is 23.9 Å². The van der Waals surface area contributed by atoms with E-state index in [1.165, 1.54) is 103 Å². The van der Waals surface area contributed by atoms with Gasteiger partial charge in [-0.3, -0.25) is 14.4 Å². The molecule has 3 N–H and O–H groups in total. The molecule has 12 heteroatoms. The molecule has 0 spiro atoms. The standard InChI is InChI=1S/C55H98O12/c1-4-7-10-13-16-19-22-24-27-29-32-35-38-41-47(56)63-44-46(65-48(57)42-39-36-33-30-26-21-18-15-12-9-6-3)45-64-55-53(51(60)50(59)52(67-55)54(61)62)66-49(58)43-40-37-34-31-28-25-23-20-17-14-11-8-5-2/h11,14,20,23,46,50-53,55,59-60H,4-10,12-13,15-19,21-22,24-45H2,1-3H3,(H,61,62)/b14-11-,23-20-. The number of carboxylic acid groups (broad SMARTS) is 1. The number of hydrogen-bond acceptors (Lipinski definition) is 11. The number of carbonyl (C=O) groups is 4. The highest BCUT2D eigenvalue weighted by Crippen LogP contribution is 2.26. The monoisotopic (exact) mass is 951 g/mol. The normalized spacial score (nSPS) is 19.0. The zero-order valence-electron chi connectivity index (χ0n) is 42.7. The summed E-state index contributed by atoms with van der Waals surface area (Å²) in [5.41, 5.74) is 0. The second-order valence-electron chi connectivity index (χ2n) is 18.9. The molecule has 1 saturated heterocycles. The third-order valence-electron chi connectivity index (χ3n) is 12.5. The molecule has 0 amide bonds. The number of aliphatic hydroxyl groups excluding tert-OH is 2. The second kappa shape index (κ2) is 44.4. The Labute approximate surface area is 407 Å². The van der Waals surface area contributed by atoms with E-state index < -0.39 is 67.3 Å². The third kappa shape index (κ3) is 35.0. The minimum atomic E-state index is -1.90. The number of aliphatic hydroxyl groups is 2. The van der Waals surface area contributed by atoms with Crippen molar-refractivity contribution in [3.63, 3.8) is 0 Å². The molecule has 1 heterocycles. The fourth-order valence-corrected chi connectivity index (χ4v) is 8.29. The van der Waals surface area contributed by atoms with E-state index in [1.54, 1.807) is 0 Å². The number of rotatable bonds is 46. The zero-order valence-corrected chi connectivity index (χ0v) is 42.7. The average Bonchev–Trinajstić information content (AvgIpc) is 3.31. The molecular weight excluding hydrogens is 853 g/mol. The summed E-state index contributed by atoms with van der Waals surface area (Å²) in [6.07, 6.45) is 35.9. The van der Waals surface area contributed by atoms with Crippen LogP contribution in [0.3, 0.4) is 0 Å². The Morgan fingerprint density at radius 1 is 0.493 bits per heavy atom. The van der Waals surface area contributed by atoms with Gasteiger partial charge in [-0.05, 0) is 44.9 Å². The summed E-state index contributed by atoms with van der Waals surface area (Å²) >= 11 is 0. The quantitative estimate of drug-likeness (QED) is 0.0228. The van der Waals surface area contributed by atoms with E-state index >= 15 is 0 Å². The minimum absolute atomic E-state index is 0.0485. The van der Waals surface area contributed by atoms with Crippen molar-refractivity contribution in [3.05, 3.63) is 24.3 Å². The summed E-state index contributed by atoms with van der Waals surface area (Å²) in [4.78, 5) is 50.8. The van der Waals surface area contributed by atoms with Crippen LogP contribution in [-0.2, 0) is 42.9 Å². The first-order chi connectivity index (χ1) is 32.6. The minimum Gasteiger partial charge on any atom is -0.479 e. The highest BCUT2D eigenvalue weighted by atomic mass is 16.7. The number of aliphatic carboxylic acids is 1. The summed E-state index contributed by atoms with van der Waals surface area (Å²) in [6, 6.07) is 0. The van der Waals surface area contributed by atoms with Gasteiger partial charge in [-0.15, -0.1) is 0 Å². The molecule has 6 unspecified atom stereocenters. The maximum Gasteiger partial charge on any atom is 0.335 e. The smallest absolute Gasteiger partial charge is 0.335 e. The molecule has 67 heavy (non-hydrogen) atoms. The predicted molar refractivity (Wildman–Crippen MR) is 266 cm³/mol. The number of carbonyl (C=O) groups excluding carboxylic acids is 3. The summed E-state index contributed by atoms with van der Waals surface area (Å²) < 4.78 is 28.3. The topological polar surface area (TPSA) is 175 Å². The largest absolute Gasteiger partial charge is 0.479 e. The number of carboxylic acids is 1. The Kier molecular flexibility index (Phi) is 41.2. The van der Waals surface area contributed by atoms with Crippen LogP contribution >= 0.6 is 0 Å². The van der Waals surface area contributed by atoms with Gasteiger partial charge in [0.1, 0.15) is 18.8 Å². The van der Waals surface area contributed by atoms with Gasteiger partial charge in [-0.1, -0.05) is 212 Å². The lowest BCUT2D eigenvalue weighted by atomic mass is 9.98. The molecule has 390 valence electrons. The van der Waals surface area contributed by atoms with E-state index in [9.17, 15) is 34.5 Å². The average molecular weight is 951 g/mol. The van der Waals surface area contributed by atoms with Gasteiger partial charge in [0.05, 0.1) is 6.61 Å². The van der Waals surface area contributed by atoms with Crippen molar-refractivity contribution in [2.45, 2.75) is 289 Å². The molecule has 1 aliphatic heterocycles. The van der Waals surface area contributed by atoms with Crippen LogP contribution in [0.5, 0.6) is 0 Å². The lowest BCUT2D eigenvalue weighted by Crippen LogP contribution is -2.61. The zero-order chi connectivity index (χ0) is 49.0. The first-order valence-corrected chi connectivity index (χ1v) is 27.3. The molecule has 0 radical (unpaired) electrons. The van der Waals surface area contributed by atoms with Crippen LogP contribution in [0, 0.1) is 0 Å². The third-order valence-corrected chi connectivity index (χ3v) is 12.5. The van der Waals surface area contributed by atoms with Crippen molar-refractivity contribution in [1.29, 1.82) is 0 Å². The van der Waals surface area contributed by atoms with Gasteiger partial charge in [0.2, 0.25) is 0 Å². The first-order valence-electron chi connectivity index (χ1n) is 27.3. The Hall–Kier alpha value is -2.80. The highest BCUT2D eigenvalue weighted by Gasteiger charge is 2.50. The van der Waals surface area contributed by atoms with Crippen LogP contribution in [0.4, 0.5) is 0 Å². The molecule has 6 atom stereocenters. The molecule has 12 nitrogen and oxygen atoms in total. The van der Waals surface area contributed by atoms with Gasteiger partial charge in [0, 0.05) is 19.3 Å². The van der Waals surface area contributed by atoms with E-state index in [4.69, 9.17) is 23.7 Å². The number of allylic oxidation sites excluding steroid dienone is 4. The molecule has 1 fully saturated rings. The van der Waals surface area contributed by atoms with E-state index in [1.807, 2.05) is 0 Å². The van der Waals surface area contributed by atoms with Crippen LogP contribution in [0.1, 0.15) is 252 Å². The van der Waals surface area contributed by atoms with E-state index in [0.29, 0.717) is 19.3 Å². The summed E-state index contributed by atoms with van der Waals surface area (Å²) in [5.74, 6) is -3.11. The van der Waals surface area contributed by atoms with Gasteiger partial charge < -0.3 is 39.0 Å². The van der Waals surface area contributed by atoms with E-state index in [0.717, 1.165) is 89.9 Å². The number of unbranched alkanes of at least 4 members (excludes halogenated alkanes) is 28. The molecule has 1 aliphatic rings. The predicted octanol–water partition coefficient (Wildman–Crippen LogP) is 13.1. The van der Waals surface area contributed by atoms with Gasteiger partial charge in [0.15, 0.2) is 24.6 Å². The molecule has 0 aromatic rings. The molecule has 0 aliphatic carbocycles. The van der Waals surface area contributed by atoms with Crippen LogP contribution < -0.4 is 0 Å². The number of hydrogen-bond donors (Lipinski definition) is 3. The number of ether oxygens (including phenoxy) is 5. The summed E-state index contributed by atoms with van der Waals surface area (Å²) in [7, 11) is 0. The van der Waals surface area contributed by atoms with Gasteiger partial charge >= 0.3 is 23.9 Å². The molecule has 0 bridgehead atoms. The van der Waals surface area contributed by atoms with E-state index in [-0.39, 0.29) is 25.9 Å². The lowest BCUT2D eigenvalue weighted by Gasteiger charge is -2.40. The van der Waals surface area contributed by atoms with Crippen molar-refractivity contribution in [1.82, 2.24) is 0 Å². The van der Waals surface area contributed by atoms with E-state index in [2.05, 4.69) is 45.1 Å². The van der Waals surface area contributed by atoms with Crippen LogP contribution in [0.15, 0.2) is 24.3 Å².